The molecule has 0 aromatic heterocycles. The van der Waals surface area contributed by atoms with Crippen molar-refractivity contribution in [2.75, 3.05) is 26.2 Å². The van der Waals surface area contributed by atoms with Crippen LogP contribution in [-0.4, -0.2) is 41.4 Å². The van der Waals surface area contributed by atoms with Crippen molar-refractivity contribution in [3.05, 3.63) is 77.9 Å². The maximum atomic E-state index is 9.93. The molecular weight excluding hydrogens is 434 g/mol. The molecule has 2 aliphatic heterocycles. The molecule has 4 atom stereocenters. The van der Waals surface area contributed by atoms with E-state index in [1.165, 1.54) is 19.5 Å². The second-order valence-corrected chi connectivity index (χ2v) is 10.4. The molecule has 170 valence electrons. The summed E-state index contributed by atoms with van der Waals surface area (Å²) in [6.45, 7) is 4.17. The molecule has 2 fully saturated rings. The van der Waals surface area contributed by atoms with E-state index in [0.29, 0.717) is 6.61 Å². The highest BCUT2D eigenvalue weighted by Gasteiger charge is 2.44. The maximum Gasteiger partial charge on any atom is 0.140 e. The highest BCUT2D eigenvalue weighted by Crippen LogP contribution is 2.54. The molecule has 2 heterocycles. The number of hydrogen-bond acceptors (Lipinski definition) is 6. The monoisotopic (exact) mass is 461 g/mol. The first kappa shape index (κ1) is 20.8. The Balaban J connectivity index is 1.19. The Morgan fingerprint density at radius 2 is 1.58 bits per heavy atom. The predicted molar refractivity (Wildman–Crippen MR) is 128 cm³/mol. The van der Waals surface area contributed by atoms with Gasteiger partial charge < -0.3 is 19.7 Å². The average molecular weight is 462 g/mol. The number of ether oxygens (including phenoxy) is 2. The molecule has 1 aliphatic carbocycles. The van der Waals surface area contributed by atoms with E-state index in [9.17, 15) is 10.2 Å². The molecule has 0 amide bonds. The van der Waals surface area contributed by atoms with Crippen LogP contribution >= 0.6 is 11.8 Å². The zero-order valence-corrected chi connectivity index (χ0v) is 19.1. The van der Waals surface area contributed by atoms with Crippen LogP contribution < -0.4 is 9.47 Å². The fourth-order valence-corrected chi connectivity index (χ4v) is 6.28. The fraction of sp³-hybridized carbons (Fsp3) is 0.333. The summed E-state index contributed by atoms with van der Waals surface area (Å²) in [7, 11) is 0. The molecule has 3 aliphatic rings. The van der Waals surface area contributed by atoms with Crippen molar-refractivity contribution in [2.24, 2.45) is 11.8 Å². The van der Waals surface area contributed by atoms with Gasteiger partial charge in [0.15, 0.2) is 0 Å². The zero-order chi connectivity index (χ0) is 22.4. The van der Waals surface area contributed by atoms with Crippen LogP contribution in [0.4, 0.5) is 0 Å². The third-order valence-corrected chi connectivity index (χ3v) is 8.22. The number of aromatic hydroxyl groups is 2. The highest BCUT2D eigenvalue weighted by atomic mass is 32.2. The van der Waals surface area contributed by atoms with Crippen LogP contribution in [0.25, 0.3) is 0 Å². The number of piperidine rings is 1. The van der Waals surface area contributed by atoms with Gasteiger partial charge in [0.1, 0.15) is 35.7 Å². The first-order chi connectivity index (χ1) is 16.1. The van der Waals surface area contributed by atoms with Crippen LogP contribution in [0.15, 0.2) is 71.6 Å². The number of fused-ring (bicyclic) bond motifs is 2. The number of nitrogens with zero attached hydrogens (tertiary/aromatic N) is 1. The van der Waals surface area contributed by atoms with Crippen LogP contribution in [0.5, 0.6) is 23.0 Å². The van der Waals surface area contributed by atoms with Crippen molar-refractivity contribution < 1.29 is 19.7 Å². The lowest BCUT2D eigenvalue weighted by Crippen LogP contribution is -2.27. The molecule has 3 aromatic rings. The molecule has 3 aromatic carbocycles. The summed E-state index contributed by atoms with van der Waals surface area (Å²) >= 11 is 1.67. The Morgan fingerprint density at radius 3 is 2.33 bits per heavy atom. The average Bonchev–Trinajstić information content (AvgIpc) is 3.44. The zero-order valence-electron chi connectivity index (χ0n) is 18.3. The summed E-state index contributed by atoms with van der Waals surface area (Å²) in [6.07, 6.45) is 1.22. The number of hydrogen-bond donors (Lipinski definition) is 2. The molecule has 1 saturated heterocycles. The van der Waals surface area contributed by atoms with Crippen LogP contribution in [0.1, 0.15) is 28.9 Å². The molecule has 0 spiro atoms. The number of phenols is 2. The minimum atomic E-state index is -0.207. The minimum Gasteiger partial charge on any atom is -0.508 e. The van der Waals surface area contributed by atoms with Gasteiger partial charge >= 0.3 is 0 Å². The molecule has 2 N–H and O–H groups in total. The molecular formula is C27H27NO4S. The van der Waals surface area contributed by atoms with E-state index < -0.39 is 0 Å². The summed E-state index contributed by atoms with van der Waals surface area (Å²) in [6, 6.07) is 20.6. The molecule has 6 heteroatoms. The summed E-state index contributed by atoms with van der Waals surface area (Å²) in [5.41, 5.74) is 2.12. The molecule has 33 heavy (non-hydrogen) atoms. The minimum absolute atomic E-state index is 0.0201. The Labute approximate surface area is 198 Å². The quantitative estimate of drug-likeness (QED) is 0.513. The van der Waals surface area contributed by atoms with Crippen LogP contribution in [-0.2, 0) is 0 Å². The van der Waals surface area contributed by atoms with Crippen molar-refractivity contribution in [3.8, 4) is 23.0 Å². The number of benzene rings is 3. The second-order valence-electron chi connectivity index (χ2n) is 9.23. The van der Waals surface area contributed by atoms with E-state index in [-0.39, 0.29) is 22.9 Å². The number of thioether (sulfide) groups is 1. The van der Waals surface area contributed by atoms with E-state index in [1.807, 2.05) is 30.3 Å². The number of likely N-dealkylation sites (tertiary alicyclic amines) is 1. The van der Waals surface area contributed by atoms with Gasteiger partial charge in [0.2, 0.25) is 0 Å². The highest BCUT2D eigenvalue weighted by molar-refractivity contribution is 7.99. The third-order valence-electron chi connectivity index (χ3n) is 6.87. The van der Waals surface area contributed by atoms with E-state index in [4.69, 9.17) is 9.47 Å². The first-order valence-corrected chi connectivity index (χ1v) is 12.4. The van der Waals surface area contributed by atoms with Gasteiger partial charge in [-0.05, 0) is 71.8 Å². The Kier molecular flexibility index (Phi) is 5.35. The van der Waals surface area contributed by atoms with E-state index in [2.05, 4.69) is 17.0 Å². The van der Waals surface area contributed by atoms with E-state index in [1.54, 1.807) is 36.0 Å². The van der Waals surface area contributed by atoms with Gasteiger partial charge in [-0.25, -0.2) is 0 Å². The van der Waals surface area contributed by atoms with Crippen molar-refractivity contribution in [2.45, 2.75) is 22.7 Å². The smallest absolute Gasteiger partial charge is 0.140 e. The first-order valence-electron chi connectivity index (χ1n) is 11.5. The largest absolute Gasteiger partial charge is 0.508 e. The Hall–Kier alpha value is -2.83. The number of phenolic OH excluding ortho intramolecular Hbond substituents is 2. The standard InChI is InChI=1S/C27H27NO4S/c29-21-5-1-18(2-6-21)27-26(32-24-10-7-22(30)14-25(24)33-27)17-3-8-23(9-4-17)31-12-11-28-15-19-13-20(19)16-28/h1-10,14,19-20,26-27,29-30H,11-13,15-16H2/t19?,20?,26-,27+/m0/s1. The Morgan fingerprint density at radius 1 is 0.879 bits per heavy atom. The van der Waals surface area contributed by atoms with E-state index >= 15 is 0 Å². The van der Waals surface area contributed by atoms with Gasteiger partial charge in [0.05, 0.1) is 10.1 Å². The topological polar surface area (TPSA) is 62.2 Å². The maximum absolute atomic E-state index is 9.93. The summed E-state index contributed by atoms with van der Waals surface area (Å²) < 4.78 is 12.4. The normalized spacial score (nSPS) is 25.7. The lowest BCUT2D eigenvalue weighted by Gasteiger charge is -2.34. The van der Waals surface area contributed by atoms with E-state index in [0.717, 1.165) is 45.9 Å². The van der Waals surface area contributed by atoms with Crippen molar-refractivity contribution >= 4 is 11.8 Å². The summed E-state index contributed by atoms with van der Waals surface area (Å²) in [5.74, 6) is 4.00. The molecule has 1 saturated carbocycles. The summed E-state index contributed by atoms with van der Waals surface area (Å²) in [4.78, 5) is 3.42. The SMILES string of the molecule is Oc1ccc([C@H]2Sc3cc(O)ccc3O[C@H]2c2ccc(OCCN3CC4CC4C3)cc2)cc1. The number of rotatable bonds is 6. The van der Waals surface area contributed by atoms with Gasteiger partial charge in [-0.1, -0.05) is 24.3 Å². The van der Waals surface area contributed by atoms with Gasteiger partial charge in [0.25, 0.3) is 0 Å². The second kappa shape index (κ2) is 8.50. The lowest BCUT2D eigenvalue weighted by molar-refractivity contribution is 0.190. The van der Waals surface area contributed by atoms with Gasteiger partial charge in [0, 0.05) is 19.6 Å². The molecule has 0 radical (unpaired) electrons. The lowest BCUT2D eigenvalue weighted by atomic mass is 10.00. The predicted octanol–water partition coefficient (Wildman–Crippen LogP) is 5.40. The van der Waals surface area contributed by atoms with Crippen molar-refractivity contribution in [3.63, 3.8) is 0 Å². The third kappa shape index (κ3) is 4.37. The fourth-order valence-electron chi connectivity index (χ4n) is 4.96. The molecule has 0 bridgehead atoms. The van der Waals surface area contributed by atoms with Crippen molar-refractivity contribution in [1.29, 1.82) is 0 Å². The molecule has 5 nitrogen and oxygen atoms in total. The van der Waals surface area contributed by atoms with Crippen LogP contribution in [0.2, 0.25) is 0 Å². The van der Waals surface area contributed by atoms with Gasteiger partial charge in [-0.2, -0.15) is 0 Å². The van der Waals surface area contributed by atoms with Gasteiger partial charge in [-0.3, -0.25) is 4.90 Å². The van der Waals surface area contributed by atoms with Crippen LogP contribution in [0, 0.1) is 11.8 Å². The summed E-state index contributed by atoms with van der Waals surface area (Å²) in [5, 5.41) is 19.6. The van der Waals surface area contributed by atoms with Crippen molar-refractivity contribution in [1.82, 2.24) is 4.90 Å². The van der Waals surface area contributed by atoms with Gasteiger partial charge in [-0.15, -0.1) is 11.8 Å². The molecule has 2 unspecified atom stereocenters. The van der Waals surface area contributed by atoms with Crippen LogP contribution in [0.3, 0.4) is 0 Å². The molecule has 6 rings (SSSR count). The Bertz CT molecular complexity index is 1120.